The lowest BCUT2D eigenvalue weighted by Crippen LogP contribution is -2.16. The van der Waals surface area contributed by atoms with Crippen LogP contribution < -0.4 is 5.32 Å². The Morgan fingerprint density at radius 1 is 1.35 bits per heavy atom. The number of anilines is 1. The Morgan fingerprint density at radius 2 is 2.13 bits per heavy atom. The minimum Gasteiger partial charge on any atom is -0.506 e. The van der Waals surface area contributed by atoms with Crippen molar-refractivity contribution < 1.29 is 14.3 Å². The van der Waals surface area contributed by atoms with Crippen molar-refractivity contribution in [1.29, 1.82) is 0 Å². The number of amides is 1. The first-order chi connectivity index (χ1) is 11.0. The van der Waals surface area contributed by atoms with Crippen molar-refractivity contribution in [3.63, 3.8) is 0 Å². The number of benzene rings is 1. The minimum absolute atomic E-state index is 0.0172. The molecule has 2 aromatic heterocycles. The van der Waals surface area contributed by atoms with Crippen LogP contribution in [-0.4, -0.2) is 20.4 Å². The summed E-state index contributed by atoms with van der Waals surface area (Å²) in [7, 11) is 0. The third-order valence-electron chi connectivity index (χ3n) is 3.61. The molecule has 0 atom stereocenters. The van der Waals surface area contributed by atoms with Gasteiger partial charge in [-0.1, -0.05) is 13.0 Å². The van der Waals surface area contributed by atoms with Gasteiger partial charge in [-0.05, 0) is 43.2 Å². The molecule has 23 heavy (non-hydrogen) atoms. The van der Waals surface area contributed by atoms with Gasteiger partial charge in [0.2, 0.25) is 0 Å². The van der Waals surface area contributed by atoms with Crippen molar-refractivity contribution >= 4 is 17.2 Å². The van der Waals surface area contributed by atoms with Crippen LogP contribution in [0, 0.1) is 12.7 Å². The fourth-order valence-corrected chi connectivity index (χ4v) is 2.48. The first-order valence-electron chi connectivity index (χ1n) is 7.27. The van der Waals surface area contributed by atoms with Gasteiger partial charge in [0.1, 0.15) is 22.9 Å². The zero-order valence-corrected chi connectivity index (χ0v) is 12.8. The van der Waals surface area contributed by atoms with E-state index < -0.39 is 11.7 Å². The highest BCUT2D eigenvalue weighted by Crippen LogP contribution is 2.25. The van der Waals surface area contributed by atoms with E-state index in [9.17, 15) is 14.3 Å². The van der Waals surface area contributed by atoms with Crippen LogP contribution >= 0.6 is 0 Å². The van der Waals surface area contributed by atoms with E-state index in [-0.39, 0.29) is 11.4 Å². The maximum atomic E-state index is 13.5. The number of hydrogen-bond acceptors (Lipinski definition) is 3. The molecule has 0 aliphatic rings. The first kappa shape index (κ1) is 15.0. The molecule has 2 N–H and O–H groups in total. The summed E-state index contributed by atoms with van der Waals surface area (Å²) < 4.78 is 14.9. The number of hydrogen-bond donors (Lipinski definition) is 2. The number of nitrogens with one attached hydrogen (secondary N) is 1. The first-order valence-corrected chi connectivity index (χ1v) is 7.27. The summed E-state index contributed by atoms with van der Waals surface area (Å²) in [4.78, 5) is 17.0. The molecular weight excluding hydrogens is 297 g/mol. The minimum atomic E-state index is -0.454. The molecule has 0 fully saturated rings. The van der Waals surface area contributed by atoms with E-state index >= 15 is 0 Å². The summed E-state index contributed by atoms with van der Waals surface area (Å²) in [6, 6.07) is 7.79. The standard InChI is InChI=1S/C17H16FN3O2/c1-3-12-16(21-9-11(18)5-7-15(21)19-12)17(23)20-13-6-4-10(2)8-14(13)22/h4-9,22H,3H2,1-2H3,(H,20,23). The lowest BCUT2D eigenvalue weighted by atomic mass is 10.2. The Labute approximate surface area is 132 Å². The second-order valence-electron chi connectivity index (χ2n) is 5.31. The molecule has 3 aromatic rings. The second kappa shape index (κ2) is 5.72. The topological polar surface area (TPSA) is 66.6 Å². The number of aryl methyl sites for hydroxylation is 2. The highest BCUT2D eigenvalue weighted by Gasteiger charge is 2.19. The van der Waals surface area contributed by atoms with Gasteiger partial charge in [0.05, 0.1) is 11.4 Å². The predicted octanol–water partition coefficient (Wildman–Crippen LogP) is 3.30. The van der Waals surface area contributed by atoms with Gasteiger partial charge in [-0.25, -0.2) is 9.37 Å². The van der Waals surface area contributed by atoms with E-state index in [4.69, 9.17) is 0 Å². The zero-order chi connectivity index (χ0) is 16.6. The molecule has 0 aliphatic carbocycles. The summed E-state index contributed by atoms with van der Waals surface area (Å²) in [5, 5.41) is 12.6. The third kappa shape index (κ3) is 2.75. The maximum absolute atomic E-state index is 13.5. The average molecular weight is 313 g/mol. The Kier molecular flexibility index (Phi) is 3.73. The molecule has 0 unspecified atom stereocenters. The van der Waals surface area contributed by atoms with Gasteiger partial charge < -0.3 is 10.4 Å². The van der Waals surface area contributed by atoms with E-state index in [1.807, 2.05) is 13.8 Å². The van der Waals surface area contributed by atoms with Crippen LogP contribution in [0.3, 0.4) is 0 Å². The third-order valence-corrected chi connectivity index (χ3v) is 3.61. The summed E-state index contributed by atoms with van der Waals surface area (Å²) in [5.74, 6) is -0.916. The Morgan fingerprint density at radius 3 is 2.83 bits per heavy atom. The molecule has 0 saturated carbocycles. The van der Waals surface area contributed by atoms with Gasteiger partial charge in [-0.3, -0.25) is 9.20 Å². The van der Waals surface area contributed by atoms with Crippen molar-refractivity contribution in [3.05, 3.63) is 59.3 Å². The van der Waals surface area contributed by atoms with Gasteiger partial charge >= 0.3 is 0 Å². The van der Waals surface area contributed by atoms with Crippen molar-refractivity contribution in [1.82, 2.24) is 9.38 Å². The molecule has 0 bridgehead atoms. The Balaban J connectivity index is 2.04. The normalized spacial score (nSPS) is 10.9. The van der Waals surface area contributed by atoms with Crippen molar-refractivity contribution in [2.75, 3.05) is 5.32 Å². The van der Waals surface area contributed by atoms with Gasteiger partial charge in [0.25, 0.3) is 5.91 Å². The monoisotopic (exact) mass is 313 g/mol. The van der Waals surface area contributed by atoms with Gasteiger partial charge in [-0.2, -0.15) is 0 Å². The lowest BCUT2D eigenvalue weighted by Gasteiger charge is -2.09. The molecule has 2 heterocycles. The highest BCUT2D eigenvalue weighted by atomic mass is 19.1. The number of aromatic nitrogens is 2. The van der Waals surface area contributed by atoms with E-state index in [2.05, 4.69) is 10.3 Å². The number of fused-ring (bicyclic) bond motifs is 1. The van der Waals surface area contributed by atoms with Crippen LogP contribution in [0.4, 0.5) is 10.1 Å². The number of rotatable bonds is 3. The molecule has 3 rings (SSSR count). The molecule has 1 amide bonds. The molecule has 1 aromatic carbocycles. The van der Waals surface area contributed by atoms with Gasteiger partial charge in [0, 0.05) is 6.20 Å². The van der Waals surface area contributed by atoms with Gasteiger partial charge in [-0.15, -0.1) is 0 Å². The van der Waals surface area contributed by atoms with Gasteiger partial charge in [0.15, 0.2) is 0 Å². The average Bonchev–Trinajstić information content (AvgIpc) is 2.87. The van der Waals surface area contributed by atoms with E-state index in [0.29, 0.717) is 23.4 Å². The summed E-state index contributed by atoms with van der Waals surface area (Å²) in [6.45, 7) is 3.71. The maximum Gasteiger partial charge on any atom is 0.274 e. The lowest BCUT2D eigenvalue weighted by molar-refractivity contribution is 0.102. The number of halogens is 1. The molecular formula is C17H16FN3O2. The van der Waals surface area contributed by atoms with Crippen molar-refractivity contribution in [2.24, 2.45) is 0 Å². The number of carbonyl (C=O) groups excluding carboxylic acids is 1. The molecule has 0 radical (unpaired) electrons. The van der Waals surface area contributed by atoms with Crippen LogP contribution in [0.25, 0.3) is 5.65 Å². The van der Waals surface area contributed by atoms with Crippen molar-refractivity contribution in [2.45, 2.75) is 20.3 Å². The molecule has 0 spiro atoms. The van der Waals surface area contributed by atoms with E-state index in [1.54, 1.807) is 18.2 Å². The van der Waals surface area contributed by atoms with Crippen molar-refractivity contribution in [3.8, 4) is 5.75 Å². The number of phenolic OH excluding ortho intramolecular Hbond substituents is 1. The molecule has 6 heteroatoms. The summed E-state index contributed by atoms with van der Waals surface area (Å²) >= 11 is 0. The zero-order valence-electron chi connectivity index (χ0n) is 12.8. The summed E-state index contributed by atoms with van der Waals surface area (Å²) in [5.41, 5.74) is 2.52. The number of pyridine rings is 1. The molecule has 5 nitrogen and oxygen atoms in total. The molecule has 0 aliphatic heterocycles. The van der Waals surface area contributed by atoms with Crippen LogP contribution in [0.1, 0.15) is 28.7 Å². The van der Waals surface area contributed by atoms with Crippen LogP contribution in [0.15, 0.2) is 36.5 Å². The number of nitrogens with zero attached hydrogens (tertiary/aromatic N) is 2. The predicted molar refractivity (Wildman–Crippen MR) is 85.3 cm³/mol. The highest BCUT2D eigenvalue weighted by molar-refractivity contribution is 6.05. The Hall–Kier alpha value is -2.89. The Bertz CT molecular complexity index is 902. The number of carbonyl (C=O) groups is 1. The fourth-order valence-electron chi connectivity index (χ4n) is 2.48. The largest absolute Gasteiger partial charge is 0.506 e. The molecule has 0 saturated heterocycles. The number of phenols is 1. The van der Waals surface area contributed by atoms with Crippen LogP contribution in [-0.2, 0) is 6.42 Å². The summed E-state index contributed by atoms with van der Waals surface area (Å²) in [6.07, 6.45) is 1.76. The SMILES string of the molecule is CCc1nc2ccc(F)cn2c1C(=O)Nc1ccc(C)cc1O. The molecule has 118 valence electrons. The quantitative estimate of drug-likeness (QED) is 0.729. The smallest absolute Gasteiger partial charge is 0.274 e. The van der Waals surface area contributed by atoms with Crippen LogP contribution in [0.2, 0.25) is 0 Å². The van der Waals surface area contributed by atoms with E-state index in [1.165, 1.54) is 22.7 Å². The second-order valence-corrected chi connectivity index (χ2v) is 5.31. The van der Waals surface area contributed by atoms with Crippen LogP contribution in [0.5, 0.6) is 5.75 Å². The van der Waals surface area contributed by atoms with E-state index in [0.717, 1.165) is 5.56 Å². The number of imidazole rings is 1. The fraction of sp³-hybridized carbons (Fsp3) is 0.176. The number of aromatic hydroxyl groups is 1.